The lowest BCUT2D eigenvalue weighted by Gasteiger charge is -2.13. The first-order chi connectivity index (χ1) is 12.2. The van der Waals surface area contributed by atoms with Gasteiger partial charge in [0.05, 0.1) is 23.0 Å². The first kappa shape index (κ1) is 19.4. The van der Waals surface area contributed by atoms with E-state index in [4.69, 9.17) is 0 Å². The molecule has 2 aromatic rings. The molecule has 1 atom stereocenters. The highest BCUT2D eigenvalue weighted by atomic mass is 19.4. The number of nitro groups is 1. The van der Waals surface area contributed by atoms with Gasteiger partial charge in [-0.3, -0.25) is 14.9 Å². The van der Waals surface area contributed by atoms with Gasteiger partial charge in [-0.15, -0.1) is 0 Å². The van der Waals surface area contributed by atoms with E-state index in [2.05, 4.69) is 5.32 Å². The summed E-state index contributed by atoms with van der Waals surface area (Å²) in [5.41, 5.74) is -0.117. The molecule has 138 valence electrons. The molecule has 2 rings (SSSR count). The van der Waals surface area contributed by atoms with Crippen molar-refractivity contribution in [3.8, 4) is 0 Å². The maximum atomic E-state index is 12.5. The Hall–Kier alpha value is -2.94. The number of aliphatic hydroxyl groups is 1. The van der Waals surface area contributed by atoms with E-state index in [0.29, 0.717) is 5.56 Å². The third-order valence-corrected chi connectivity index (χ3v) is 3.63. The summed E-state index contributed by atoms with van der Waals surface area (Å²) in [6.07, 6.45) is -5.65. The van der Waals surface area contributed by atoms with Crippen LogP contribution in [0.3, 0.4) is 0 Å². The Morgan fingerprint density at radius 2 is 1.69 bits per heavy atom. The van der Waals surface area contributed by atoms with Crippen LogP contribution in [-0.2, 0) is 17.4 Å². The fourth-order valence-electron chi connectivity index (χ4n) is 2.21. The predicted molar refractivity (Wildman–Crippen MR) is 86.2 cm³/mol. The van der Waals surface area contributed by atoms with Gasteiger partial charge in [0.2, 0.25) is 5.91 Å². The molecule has 0 fully saturated rings. The average Bonchev–Trinajstić information content (AvgIpc) is 2.59. The molecule has 2 aromatic carbocycles. The lowest BCUT2D eigenvalue weighted by Crippen LogP contribution is -2.29. The van der Waals surface area contributed by atoms with E-state index in [0.717, 1.165) is 24.3 Å². The maximum Gasteiger partial charge on any atom is 0.416 e. The van der Waals surface area contributed by atoms with Gasteiger partial charge in [0, 0.05) is 18.7 Å². The lowest BCUT2D eigenvalue weighted by molar-refractivity contribution is -0.384. The van der Waals surface area contributed by atoms with Crippen LogP contribution in [-0.4, -0.2) is 22.5 Å². The third kappa shape index (κ3) is 5.28. The van der Waals surface area contributed by atoms with Crippen LogP contribution in [0.5, 0.6) is 0 Å². The molecule has 0 aliphatic carbocycles. The minimum atomic E-state index is -4.46. The molecule has 2 N–H and O–H groups in total. The average molecular weight is 368 g/mol. The maximum absolute atomic E-state index is 12.5. The number of rotatable bonds is 6. The molecule has 9 heteroatoms. The van der Waals surface area contributed by atoms with Crippen molar-refractivity contribution < 1.29 is 28.0 Å². The molecule has 1 unspecified atom stereocenters. The molecule has 26 heavy (non-hydrogen) atoms. The summed E-state index contributed by atoms with van der Waals surface area (Å²) in [5, 5.41) is 23.0. The molecule has 0 saturated heterocycles. The Kier molecular flexibility index (Phi) is 5.93. The molecule has 0 aromatic heterocycles. The van der Waals surface area contributed by atoms with Crippen LogP contribution in [0.4, 0.5) is 18.9 Å². The Labute approximate surface area is 146 Å². The number of carbonyl (C=O) groups is 1. The first-order valence-electron chi connectivity index (χ1n) is 7.52. The number of halogens is 3. The quantitative estimate of drug-likeness (QED) is 0.606. The molecule has 0 bridgehead atoms. The van der Waals surface area contributed by atoms with Gasteiger partial charge in [-0.1, -0.05) is 24.3 Å². The summed E-state index contributed by atoms with van der Waals surface area (Å²) >= 11 is 0. The van der Waals surface area contributed by atoms with Crippen LogP contribution in [0.1, 0.15) is 22.8 Å². The molecular formula is C17H15F3N2O4. The Bertz CT molecular complexity index is 774. The smallest absolute Gasteiger partial charge is 0.387 e. The summed E-state index contributed by atoms with van der Waals surface area (Å²) in [6.45, 7) is -0.169. The van der Waals surface area contributed by atoms with Crippen LogP contribution < -0.4 is 5.32 Å². The van der Waals surface area contributed by atoms with Gasteiger partial charge in [-0.05, 0) is 23.3 Å². The number of carbonyl (C=O) groups excluding carboxylic acids is 1. The van der Waals surface area contributed by atoms with Crippen molar-refractivity contribution in [2.24, 2.45) is 0 Å². The minimum absolute atomic E-state index is 0.0439. The van der Waals surface area contributed by atoms with E-state index >= 15 is 0 Å². The fraction of sp³-hybridized carbons (Fsp3) is 0.235. The zero-order valence-electron chi connectivity index (χ0n) is 13.4. The second-order valence-corrected chi connectivity index (χ2v) is 5.54. The molecule has 6 nitrogen and oxygen atoms in total. The molecular weight excluding hydrogens is 353 g/mol. The number of nitrogens with zero attached hydrogens (tertiary/aromatic N) is 1. The van der Waals surface area contributed by atoms with E-state index < -0.39 is 28.7 Å². The summed E-state index contributed by atoms with van der Waals surface area (Å²) in [4.78, 5) is 21.9. The number of benzene rings is 2. The van der Waals surface area contributed by atoms with Gasteiger partial charge in [0.1, 0.15) is 0 Å². The predicted octanol–water partition coefficient (Wildman–Crippen LogP) is 3.01. The van der Waals surface area contributed by atoms with Gasteiger partial charge in [-0.2, -0.15) is 13.2 Å². The highest BCUT2D eigenvalue weighted by Gasteiger charge is 2.30. The summed E-state index contributed by atoms with van der Waals surface area (Å²) in [5.74, 6) is -0.426. The third-order valence-electron chi connectivity index (χ3n) is 3.63. The summed E-state index contributed by atoms with van der Waals surface area (Å²) in [6, 6.07) is 9.47. The highest BCUT2D eigenvalue weighted by molar-refractivity contribution is 5.78. The molecule has 0 radical (unpaired) electrons. The highest BCUT2D eigenvalue weighted by Crippen LogP contribution is 2.29. The largest absolute Gasteiger partial charge is 0.416 e. The first-order valence-corrected chi connectivity index (χ1v) is 7.52. The second kappa shape index (κ2) is 7.96. The number of aliphatic hydroxyl groups excluding tert-OH is 1. The van der Waals surface area contributed by atoms with Gasteiger partial charge < -0.3 is 10.4 Å². The summed E-state index contributed by atoms with van der Waals surface area (Å²) in [7, 11) is 0. The van der Waals surface area contributed by atoms with Crippen LogP contribution in [0.2, 0.25) is 0 Å². The van der Waals surface area contributed by atoms with Crippen molar-refractivity contribution in [1.29, 1.82) is 0 Å². The topological polar surface area (TPSA) is 92.5 Å². The number of nitrogens with one attached hydrogen (secondary N) is 1. The van der Waals surface area contributed by atoms with Gasteiger partial charge >= 0.3 is 6.18 Å². The van der Waals surface area contributed by atoms with Gasteiger partial charge in [0.25, 0.3) is 5.69 Å². The molecule has 0 heterocycles. The van der Waals surface area contributed by atoms with Crippen LogP contribution in [0, 0.1) is 10.1 Å². The number of hydrogen-bond donors (Lipinski definition) is 2. The van der Waals surface area contributed by atoms with E-state index in [9.17, 15) is 33.2 Å². The zero-order valence-corrected chi connectivity index (χ0v) is 13.4. The normalized spacial score (nSPS) is 12.5. The van der Waals surface area contributed by atoms with Crippen LogP contribution in [0.25, 0.3) is 0 Å². The van der Waals surface area contributed by atoms with E-state index in [1.54, 1.807) is 0 Å². The van der Waals surface area contributed by atoms with Crippen molar-refractivity contribution in [3.63, 3.8) is 0 Å². The van der Waals surface area contributed by atoms with Crippen LogP contribution in [0.15, 0.2) is 48.5 Å². The number of nitro benzene ring substituents is 1. The van der Waals surface area contributed by atoms with Crippen molar-refractivity contribution in [3.05, 3.63) is 75.3 Å². The van der Waals surface area contributed by atoms with Crippen molar-refractivity contribution in [2.45, 2.75) is 18.7 Å². The van der Waals surface area contributed by atoms with Gasteiger partial charge in [-0.25, -0.2) is 0 Å². The van der Waals surface area contributed by atoms with E-state index in [-0.39, 0.29) is 24.2 Å². The Balaban J connectivity index is 1.87. The number of amides is 1. The number of alkyl halides is 3. The van der Waals surface area contributed by atoms with Crippen molar-refractivity contribution in [2.75, 3.05) is 6.54 Å². The van der Waals surface area contributed by atoms with E-state index in [1.807, 2.05) is 0 Å². The van der Waals surface area contributed by atoms with Gasteiger partial charge in [0.15, 0.2) is 0 Å². The minimum Gasteiger partial charge on any atom is -0.387 e. The molecule has 0 spiro atoms. The lowest BCUT2D eigenvalue weighted by atomic mass is 10.1. The van der Waals surface area contributed by atoms with Crippen molar-refractivity contribution >= 4 is 11.6 Å². The monoisotopic (exact) mass is 368 g/mol. The Morgan fingerprint density at radius 1 is 1.12 bits per heavy atom. The number of hydrogen-bond acceptors (Lipinski definition) is 4. The molecule has 0 aliphatic heterocycles. The molecule has 0 saturated carbocycles. The second-order valence-electron chi connectivity index (χ2n) is 5.54. The van der Waals surface area contributed by atoms with E-state index in [1.165, 1.54) is 24.3 Å². The fourth-order valence-corrected chi connectivity index (χ4v) is 2.21. The standard InChI is InChI=1S/C17H15F3N2O4/c18-17(19,20)13-5-3-12(4-6-13)15(23)10-21-16(24)9-11-1-7-14(8-2-11)22(25)26/h1-8,15,23H,9-10H2,(H,21,24). The van der Waals surface area contributed by atoms with Crippen molar-refractivity contribution in [1.82, 2.24) is 5.32 Å². The number of non-ortho nitro benzene ring substituents is 1. The molecule has 0 aliphatic rings. The summed E-state index contributed by atoms with van der Waals surface area (Å²) < 4.78 is 37.5. The SMILES string of the molecule is O=C(Cc1ccc([N+](=O)[O-])cc1)NCC(O)c1ccc(C(F)(F)F)cc1. The van der Waals surface area contributed by atoms with Crippen LogP contribution >= 0.6 is 0 Å². The molecule has 1 amide bonds. The zero-order chi connectivity index (χ0) is 19.3. The Morgan fingerprint density at radius 3 is 2.19 bits per heavy atom.